The summed E-state index contributed by atoms with van der Waals surface area (Å²) >= 11 is 0. The molecule has 136 valence electrons. The Morgan fingerprint density at radius 2 is 1.93 bits per heavy atom. The molecule has 3 aromatic rings. The van der Waals surface area contributed by atoms with Gasteiger partial charge in [0.25, 0.3) is 0 Å². The highest BCUT2D eigenvalue weighted by atomic mass is 16.2. The second-order valence-electron chi connectivity index (χ2n) is 6.66. The van der Waals surface area contributed by atoms with Gasteiger partial charge in [-0.25, -0.2) is 4.98 Å². The third kappa shape index (κ3) is 3.89. The normalized spacial score (nSPS) is 15.7. The third-order valence-corrected chi connectivity index (χ3v) is 4.73. The number of aromatic nitrogens is 2. The third-order valence-electron chi connectivity index (χ3n) is 4.73. The highest BCUT2D eigenvalue weighted by molar-refractivity contribution is 6.01. The summed E-state index contributed by atoms with van der Waals surface area (Å²) in [5, 5.41) is 5.78. The number of nitrogens with zero attached hydrogens (tertiary/aromatic N) is 2. The molecule has 1 aliphatic heterocycles. The van der Waals surface area contributed by atoms with Crippen LogP contribution >= 0.6 is 0 Å². The SMILES string of the molecule is O=C1CC(C(=O)NCc2ccc(Cn3ccnc3)cc2)c2ccccc2N1. The zero-order chi connectivity index (χ0) is 18.6. The Kier molecular flexibility index (Phi) is 4.70. The van der Waals surface area contributed by atoms with Crippen LogP contribution in [0.15, 0.2) is 67.3 Å². The molecule has 0 fully saturated rings. The van der Waals surface area contributed by atoms with Crippen LogP contribution in [0.1, 0.15) is 29.0 Å². The maximum absolute atomic E-state index is 12.7. The van der Waals surface area contributed by atoms with Gasteiger partial charge < -0.3 is 15.2 Å². The zero-order valence-corrected chi connectivity index (χ0v) is 14.8. The number of rotatable bonds is 5. The lowest BCUT2D eigenvalue weighted by atomic mass is 9.90. The second-order valence-corrected chi connectivity index (χ2v) is 6.66. The van der Waals surface area contributed by atoms with E-state index in [0.29, 0.717) is 6.54 Å². The second kappa shape index (κ2) is 7.45. The molecule has 0 radical (unpaired) electrons. The molecule has 0 spiro atoms. The van der Waals surface area contributed by atoms with Crippen molar-refractivity contribution in [3.8, 4) is 0 Å². The van der Waals surface area contributed by atoms with Crippen molar-refractivity contribution in [2.75, 3.05) is 5.32 Å². The molecular formula is C21H20N4O2. The van der Waals surface area contributed by atoms with Crippen molar-refractivity contribution < 1.29 is 9.59 Å². The summed E-state index contributed by atoms with van der Waals surface area (Å²) in [5.74, 6) is -0.701. The van der Waals surface area contributed by atoms with Crippen LogP contribution in [0.5, 0.6) is 0 Å². The monoisotopic (exact) mass is 360 g/mol. The Hall–Kier alpha value is -3.41. The molecule has 1 aromatic heterocycles. The molecule has 1 atom stereocenters. The Bertz CT molecular complexity index is 949. The van der Waals surface area contributed by atoms with E-state index >= 15 is 0 Å². The molecule has 2 aromatic carbocycles. The van der Waals surface area contributed by atoms with Gasteiger partial charge >= 0.3 is 0 Å². The van der Waals surface area contributed by atoms with E-state index in [1.54, 1.807) is 12.5 Å². The highest BCUT2D eigenvalue weighted by Gasteiger charge is 2.30. The van der Waals surface area contributed by atoms with Gasteiger partial charge in [0.2, 0.25) is 11.8 Å². The van der Waals surface area contributed by atoms with E-state index < -0.39 is 5.92 Å². The topological polar surface area (TPSA) is 76.0 Å². The number of nitrogens with one attached hydrogen (secondary N) is 2. The van der Waals surface area contributed by atoms with Crippen molar-refractivity contribution in [3.05, 3.63) is 83.9 Å². The van der Waals surface area contributed by atoms with Gasteiger partial charge in [0.1, 0.15) is 0 Å². The first-order valence-electron chi connectivity index (χ1n) is 8.89. The summed E-state index contributed by atoms with van der Waals surface area (Å²) in [6, 6.07) is 15.6. The summed E-state index contributed by atoms with van der Waals surface area (Å²) in [6.07, 6.45) is 5.64. The quantitative estimate of drug-likeness (QED) is 0.734. The number of imidazole rings is 1. The lowest BCUT2D eigenvalue weighted by molar-refractivity contribution is -0.126. The smallest absolute Gasteiger partial charge is 0.228 e. The lowest BCUT2D eigenvalue weighted by Gasteiger charge is -2.24. The number of hydrogen-bond acceptors (Lipinski definition) is 3. The van der Waals surface area contributed by atoms with Gasteiger partial charge in [0.15, 0.2) is 0 Å². The van der Waals surface area contributed by atoms with E-state index in [0.717, 1.165) is 23.4 Å². The molecule has 2 N–H and O–H groups in total. The van der Waals surface area contributed by atoms with Crippen molar-refractivity contribution in [2.24, 2.45) is 0 Å². The number of carbonyl (C=O) groups excluding carboxylic acids is 2. The summed E-state index contributed by atoms with van der Waals surface area (Å²) in [4.78, 5) is 28.6. The molecule has 4 rings (SSSR count). The highest BCUT2D eigenvalue weighted by Crippen LogP contribution is 2.32. The molecule has 0 saturated carbocycles. The molecule has 0 aliphatic carbocycles. The number of benzene rings is 2. The van der Waals surface area contributed by atoms with Crippen LogP contribution in [-0.2, 0) is 22.7 Å². The van der Waals surface area contributed by atoms with E-state index in [2.05, 4.69) is 15.6 Å². The first-order valence-corrected chi connectivity index (χ1v) is 8.89. The average Bonchev–Trinajstić information content (AvgIpc) is 3.19. The molecule has 0 bridgehead atoms. The molecule has 2 amide bonds. The van der Waals surface area contributed by atoms with Crippen molar-refractivity contribution in [1.29, 1.82) is 0 Å². The van der Waals surface area contributed by atoms with Gasteiger partial charge in [-0.05, 0) is 22.8 Å². The van der Waals surface area contributed by atoms with Crippen LogP contribution in [0.2, 0.25) is 0 Å². The summed E-state index contributed by atoms with van der Waals surface area (Å²) in [6.45, 7) is 1.20. The minimum atomic E-state index is -0.449. The van der Waals surface area contributed by atoms with Gasteiger partial charge in [-0.3, -0.25) is 9.59 Å². The predicted octanol–water partition coefficient (Wildman–Crippen LogP) is 2.67. The van der Waals surface area contributed by atoms with Crippen molar-refractivity contribution >= 4 is 17.5 Å². The molecule has 1 unspecified atom stereocenters. The number of amides is 2. The fourth-order valence-electron chi connectivity index (χ4n) is 3.31. The molecule has 0 saturated heterocycles. The maximum Gasteiger partial charge on any atom is 0.228 e. The Labute approximate surface area is 157 Å². The number of fused-ring (bicyclic) bond motifs is 1. The van der Waals surface area contributed by atoms with Crippen LogP contribution < -0.4 is 10.6 Å². The number of anilines is 1. The van der Waals surface area contributed by atoms with Crippen LogP contribution in [0, 0.1) is 0 Å². The Morgan fingerprint density at radius 3 is 2.70 bits per heavy atom. The Morgan fingerprint density at radius 1 is 1.15 bits per heavy atom. The van der Waals surface area contributed by atoms with Crippen LogP contribution in [0.25, 0.3) is 0 Å². The molecule has 2 heterocycles. The molecule has 27 heavy (non-hydrogen) atoms. The summed E-state index contributed by atoms with van der Waals surface area (Å²) < 4.78 is 2.00. The van der Waals surface area contributed by atoms with E-state index in [9.17, 15) is 9.59 Å². The number of carbonyl (C=O) groups is 2. The first kappa shape index (κ1) is 17.0. The van der Waals surface area contributed by atoms with Crippen LogP contribution in [-0.4, -0.2) is 21.4 Å². The van der Waals surface area contributed by atoms with Gasteiger partial charge in [-0.2, -0.15) is 0 Å². The minimum absolute atomic E-state index is 0.125. The fraction of sp³-hybridized carbons (Fsp3) is 0.190. The first-order chi connectivity index (χ1) is 13.2. The largest absolute Gasteiger partial charge is 0.351 e. The number of hydrogen-bond donors (Lipinski definition) is 2. The predicted molar refractivity (Wildman–Crippen MR) is 102 cm³/mol. The van der Waals surface area contributed by atoms with Crippen molar-refractivity contribution in [1.82, 2.24) is 14.9 Å². The molecule has 1 aliphatic rings. The van der Waals surface area contributed by atoms with E-state index in [1.807, 2.05) is 59.3 Å². The number of para-hydroxylation sites is 1. The average molecular weight is 360 g/mol. The standard InChI is InChI=1S/C21H20N4O2/c26-20-11-18(17-3-1-2-4-19(17)24-20)21(27)23-12-15-5-7-16(8-6-15)13-25-10-9-22-14-25/h1-10,14,18H,11-13H2,(H,23,27)(H,24,26). The lowest BCUT2D eigenvalue weighted by Crippen LogP contribution is -2.34. The van der Waals surface area contributed by atoms with Gasteiger partial charge in [-0.15, -0.1) is 0 Å². The van der Waals surface area contributed by atoms with Crippen LogP contribution in [0.4, 0.5) is 5.69 Å². The van der Waals surface area contributed by atoms with Crippen LogP contribution in [0.3, 0.4) is 0 Å². The van der Waals surface area contributed by atoms with E-state index in [-0.39, 0.29) is 18.2 Å². The van der Waals surface area contributed by atoms with E-state index in [1.165, 1.54) is 5.56 Å². The maximum atomic E-state index is 12.7. The zero-order valence-electron chi connectivity index (χ0n) is 14.8. The Balaban J connectivity index is 1.39. The fourth-order valence-corrected chi connectivity index (χ4v) is 3.31. The van der Waals surface area contributed by atoms with Crippen molar-refractivity contribution in [2.45, 2.75) is 25.4 Å². The molecule has 6 nitrogen and oxygen atoms in total. The minimum Gasteiger partial charge on any atom is -0.351 e. The van der Waals surface area contributed by atoms with Gasteiger partial charge in [0, 0.05) is 37.6 Å². The van der Waals surface area contributed by atoms with Gasteiger partial charge in [-0.1, -0.05) is 42.5 Å². The van der Waals surface area contributed by atoms with Crippen molar-refractivity contribution in [3.63, 3.8) is 0 Å². The summed E-state index contributed by atoms with van der Waals surface area (Å²) in [7, 11) is 0. The molecular weight excluding hydrogens is 340 g/mol. The van der Waals surface area contributed by atoms with Gasteiger partial charge in [0.05, 0.1) is 12.2 Å². The molecule has 6 heteroatoms. The van der Waals surface area contributed by atoms with E-state index in [4.69, 9.17) is 0 Å². The summed E-state index contributed by atoms with van der Waals surface area (Å²) in [5.41, 5.74) is 3.77.